The van der Waals surface area contributed by atoms with Gasteiger partial charge in [-0.3, -0.25) is 9.69 Å². The summed E-state index contributed by atoms with van der Waals surface area (Å²) < 4.78 is 45.1. The molecule has 0 aliphatic carbocycles. The molecule has 0 saturated carbocycles. The van der Waals surface area contributed by atoms with E-state index in [4.69, 9.17) is 4.74 Å². The maximum absolute atomic E-state index is 12.1. The number of ether oxygens (including phenoxy) is 2. The first-order valence-corrected chi connectivity index (χ1v) is 7.54. The Kier molecular flexibility index (Phi) is 8.00. The predicted octanol–water partition coefficient (Wildman–Crippen LogP) is 2.73. The molecular formula is C16H23F3N2O3. The van der Waals surface area contributed by atoms with Gasteiger partial charge < -0.3 is 14.8 Å². The smallest absolute Gasteiger partial charge is 0.406 e. The molecule has 1 aromatic rings. The molecular weight excluding hydrogens is 325 g/mol. The number of alkyl halides is 3. The minimum absolute atomic E-state index is 0.155. The molecule has 0 saturated heterocycles. The van der Waals surface area contributed by atoms with Crippen molar-refractivity contribution in [3.05, 3.63) is 29.8 Å². The summed E-state index contributed by atoms with van der Waals surface area (Å²) in [7, 11) is 3.46. The lowest BCUT2D eigenvalue weighted by Crippen LogP contribution is -2.37. The van der Waals surface area contributed by atoms with Crippen molar-refractivity contribution in [3.63, 3.8) is 0 Å². The highest BCUT2D eigenvalue weighted by Gasteiger charge is 2.31. The summed E-state index contributed by atoms with van der Waals surface area (Å²) >= 11 is 0. The van der Waals surface area contributed by atoms with E-state index < -0.39 is 6.36 Å². The molecule has 0 radical (unpaired) electrons. The number of hydrogen-bond acceptors (Lipinski definition) is 4. The highest BCUT2D eigenvalue weighted by atomic mass is 19.4. The average molecular weight is 348 g/mol. The van der Waals surface area contributed by atoms with E-state index >= 15 is 0 Å². The summed E-state index contributed by atoms with van der Waals surface area (Å²) in [6.07, 6.45) is -3.88. The first-order chi connectivity index (χ1) is 11.2. The standard InChI is InChI=1S/C16H23F3N2O3/c1-12(20-15(22)11-21(2)9-4-10-23-3)13-5-7-14(8-6-13)24-16(17,18)19/h5-8,12H,4,9-11H2,1-3H3,(H,20,22). The molecule has 1 unspecified atom stereocenters. The molecule has 136 valence electrons. The van der Waals surface area contributed by atoms with E-state index in [0.717, 1.165) is 13.0 Å². The molecule has 0 heterocycles. The Labute approximate surface area is 139 Å². The number of rotatable bonds is 9. The summed E-state index contributed by atoms with van der Waals surface area (Å²) in [6.45, 7) is 3.37. The number of amides is 1. The number of nitrogens with one attached hydrogen (secondary N) is 1. The molecule has 0 spiro atoms. The molecule has 5 nitrogen and oxygen atoms in total. The van der Waals surface area contributed by atoms with Gasteiger partial charge in [0.2, 0.25) is 5.91 Å². The van der Waals surface area contributed by atoms with Gasteiger partial charge in [0.05, 0.1) is 12.6 Å². The molecule has 0 bridgehead atoms. The van der Waals surface area contributed by atoms with Crippen LogP contribution in [-0.4, -0.2) is 51.0 Å². The topological polar surface area (TPSA) is 50.8 Å². The van der Waals surface area contributed by atoms with Crippen molar-refractivity contribution in [2.75, 3.05) is 33.9 Å². The van der Waals surface area contributed by atoms with Gasteiger partial charge in [-0.05, 0) is 38.1 Å². The third kappa shape index (κ3) is 8.16. The zero-order chi connectivity index (χ0) is 18.2. The third-order valence-corrected chi connectivity index (χ3v) is 3.29. The van der Waals surface area contributed by atoms with E-state index in [2.05, 4.69) is 10.1 Å². The van der Waals surface area contributed by atoms with Crippen LogP contribution in [0.25, 0.3) is 0 Å². The Bertz CT molecular complexity index is 506. The van der Waals surface area contributed by atoms with Crippen LogP contribution in [-0.2, 0) is 9.53 Å². The second kappa shape index (κ2) is 9.48. The number of carbonyl (C=O) groups is 1. The van der Waals surface area contributed by atoms with E-state index in [1.54, 1.807) is 14.0 Å². The summed E-state index contributed by atoms with van der Waals surface area (Å²) in [4.78, 5) is 13.8. The van der Waals surface area contributed by atoms with Gasteiger partial charge >= 0.3 is 6.36 Å². The van der Waals surface area contributed by atoms with E-state index in [0.29, 0.717) is 12.2 Å². The van der Waals surface area contributed by atoms with Crippen molar-refractivity contribution in [2.45, 2.75) is 25.7 Å². The third-order valence-electron chi connectivity index (χ3n) is 3.29. The molecule has 0 aliphatic rings. The monoisotopic (exact) mass is 348 g/mol. The van der Waals surface area contributed by atoms with E-state index in [-0.39, 0.29) is 24.2 Å². The lowest BCUT2D eigenvalue weighted by Gasteiger charge is -2.19. The van der Waals surface area contributed by atoms with Crippen molar-refractivity contribution in [2.24, 2.45) is 0 Å². The van der Waals surface area contributed by atoms with Crippen molar-refractivity contribution in [1.82, 2.24) is 10.2 Å². The van der Waals surface area contributed by atoms with Gasteiger partial charge in [0.25, 0.3) is 0 Å². The minimum Gasteiger partial charge on any atom is -0.406 e. The van der Waals surface area contributed by atoms with E-state index in [1.165, 1.54) is 24.3 Å². The molecule has 1 N–H and O–H groups in total. The minimum atomic E-state index is -4.71. The summed E-state index contributed by atoms with van der Waals surface area (Å²) in [6, 6.07) is 5.12. The number of halogens is 3. The number of hydrogen-bond donors (Lipinski definition) is 1. The first-order valence-electron chi connectivity index (χ1n) is 7.54. The quantitative estimate of drug-likeness (QED) is 0.697. The van der Waals surface area contributed by atoms with Crippen molar-refractivity contribution >= 4 is 5.91 Å². The van der Waals surface area contributed by atoms with Crippen LogP contribution in [0.4, 0.5) is 13.2 Å². The molecule has 0 aromatic heterocycles. The molecule has 1 atom stereocenters. The number of nitrogens with zero attached hydrogens (tertiary/aromatic N) is 1. The van der Waals surface area contributed by atoms with Crippen LogP contribution in [0.5, 0.6) is 5.75 Å². The van der Waals surface area contributed by atoms with Crippen LogP contribution in [0.3, 0.4) is 0 Å². The highest BCUT2D eigenvalue weighted by Crippen LogP contribution is 2.24. The Morgan fingerprint density at radius 1 is 1.29 bits per heavy atom. The number of methoxy groups -OCH3 is 1. The van der Waals surface area contributed by atoms with E-state index in [9.17, 15) is 18.0 Å². The zero-order valence-electron chi connectivity index (χ0n) is 14.0. The molecule has 1 rings (SSSR count). The normalized spacial score (nSPS) is 13.0. The molecule has 0 fully saturated rings. The maximum Gasteiger partial charge on any atom is 0.573 e. The van der Waals surface area contributed by atoms with Crippen LogP contribution < -0.4 is 10.1 Å². The number of likely N-dealkylation sites (N-methyl/N-ethyl adjacent to an activating group) is 1. The fourth-order valence-corrected chi connectivity index (χ4v) is 2.13. The van der Waals surface area contributed by atoms with Crippen LogP contribution in [0.15, 0.2) is 24.3 Å². The Balaban J connectivity index is 2.46. The second-order valence-electron chi connectivity index (χ2n) is 5.49. The van der Waals surface area contributed by atoms with Gasteiger partial charge in [-0.15, -0.1) is 13.2 Å². The number of carbonyl (C=O) groups excluding carboxylic acids is 1. The lowest BCUT2D eigenvalue weighted by molar-refractivity contribution is -0.274. The van der Waals surface area contributed by atoms with Crippen molar-refractivity contribution < 1.29 is 27.4 Å². The van der Waals surface area contributed by atoms with Crippen LogP contribution in [0.2, 0.25) is 0 Å². The Morgan fingerprint density at radius 2 is 1.92 bits per heavy atom. The fraction of sp³-hybridized carbons (Fsp3) is 0.562. The molecule has 0 aliphatic heterocycles. The van der Waals surface area contributed by atoms with Gasteiger partial charge in [0.15, 0.2) is 0 Å². The molecule has 24 heavy (non-hydrogen) atoms. The molecule has 8 heteroatoms. The Hall–Kier alpha value is -1.80. The highest BCUT2D eigenvalue weighted by molar-refractivity contribution is 5.78. The molecule has 1 aromatic carbocycles. The van der Waals surface area contributed by atoms with Gasteiger partial charge in [0.1, 0.15) is 5.75 Å². The predicted molar refractivity (Wildman–Crippen MR) is 83.7 cm³/mol. The SMILES string of the molecule is COCCCN(C)CC(=O)NC(C)c1ccc(OC(F)(F)F)cc1. The largest absolute Gasteiger partial charge is 0.573 e. The second-order valence-corrected chi connectivity index (χ2v) is 5.49. The fourth-order valence-electron chi connectivity index (χ4n) is 2.13. The summed E-state index contributed by atoms with van der Waals surface area (Å²) in [5.74, 6) is -0.444. The van der Waals surface area contributed by atoms with Crippen LogP contribution >= 0.6 is 0 Å². The molecule has 1 amide bonds. The average Bonchev–Trinajstić information content (AvgIpc) is 2.46. The summed E-state index contributed by atoms with van der Waals surface area (Å²) in [5.41, 5.74) is 0.694. The van der Waals surface area contributed by atoms with Gasteiger partial charge in [0, 0.05) is 20.3 Å². The number of benzene rings is 1. The van der Waals surface area contributed by atoms with E-state index in [1.807, 2.05) is 11.9 Å². The van der Waals surface area contributed by atoms with Crippen molar-refractivity contribution in [3.8, 4) is 5.75 Å². The van der Waals surface area contributed by atoms with Crippen molar-refractivity contribution in [1.29, 1.82) is 0 Å². The first kappa shape index (κ1) is 20.2. The zero-order valence-corrected chi connectivity index (χ0v) is 14.0. The maximum atomic E-state index is 12.1. The van der Waals surface area contributed by atoms with Crippen LogP contribution in [0, 0.1) is 0 Å². The van der Waals surface area contributed by atoms with Crippen LogP contribution in [0.1, 0.15) is 24.9 Å². The lowest BCUT2D eigenvalue weighted by atomic mass is 10.1. The summed E-state index contributed by atoms with van der Waals surface area (Å²) in [5, 5.41) is 2.81. The van der Waals surface area contributed by atoms with Gasteiger partial charge in [-0.25, -0.2) is 0 Å². The van der Waals surface area contributed by atoms with Gasteiger partial charge in [-0.1, -0.05) is 12.1 Å². The van der Waals surface area contributed by atoms with Gasteiger partial charge in [-0.2, -0.15) is 0 Å². The Morgan fingerprint density at radius 3 is 2.46 bits per heavy atom.